The number of nitrogens with one attached hydrogen (secondary N) is 2. The van der Waals surface area contributed by atoms with Gasteiger partial charge in [0.1, 0.15) is 12.4 Å². The first-order chi connectivity index (χ1) is 12.0. The van der Waals surface area contributed by atoms with Crippen LogP contribution in [0.25, 0.3) is 0 Å². The van der Waals surface area contributed by atoms with Crippen molar-refractivity contribution in [1.82, 2.24) is 10.6 Å². The Balaban J connectivity index is 1.75. The van der Waals surface area contributed by atoms with Crippen LogP contribution >= 0.6 is 11.6 Å². The SMILES string of the molecule is CCCCNC(=O)NC(=O)COC(=O)[C@H]1COc2ccc(Cl)cc2C1. The average molecular weight is 369 g/mol. The van der Waals surface area contributed by atoms with Gasteiger partial charge in [0, 0.05) is 11.6 Å². The van der Waals surface area contributed by atoms with E-state index < -0.39 is 30.4 Å². The van der Waals surface area contributed by atoms with Crippen molar-refractivity contribution in [3.63, 3.8) is 0 Å². The smallest absolute Gasteiger partial charge is 0.321 e. The van der Waals surface area contributed by atoms with Crippen LogP contribution in [0.3, 0.4) is 0 Å². The average Bonchev–Trinajstić information content (AvgIpc) is 2.59. The van der Waals surface area contributed by atoms with E-state index in [1.165, 1.54) is 0 Å². The summed E-state index contributed by atoms with van der Waals surface area (Å²) < 4.78 is 10.5. The summed E-state index contributed by atoms with van der Waals surface area (Å²) in [6.07, 6.45) is 2.18. The van der Waals surface area contributed by atoms with Gasteiger partial charge in [0.15, 0.2) is 6.61 Å². The molecular formula is C17H21ClN2O5. The van der Waals surface area contributed by atoms with Gasteiger partial charge in [-0.1, -0.05) is 24.9 Å². The molecule has 0 aliphatic carbocycles. The number of unbranched alkanes of at least 4 members (excludes halogenated alkanes) is 1. The molecule has 0 saturated carbocycles. The Hall–Kier alpha value is -2.28. The molecule has 0 unspecified atom stereocenters. The van der Waals surface area contributed by atoms with Crippen LogP contribution in [0.1, 0.15) is 25.3 Å². The largest absolute Gasteiger partial charge is 0.492 e. The second-order valence-electron chi connectivity index (χ2n) is 5.73. The standard InChI is InChI=1S/C17H21ClN2O5/c1-2-3-6-19-17(23)20-15(21)10-25-16(22)12-7-11-8-13(18)4-5-14(11)24-9-12/h4-5,8,12H,2-3,6-7,9-10H2,1H3,(H2,19,20,21,23)/t12-/m1/s1. The maximum Gasteiger partial charge on any atom is 0.321 e. The number of ether oxygens (including phenoxy) is 2. The molecule has 8 heteroatoms. The number of urea groups is 1. The van der Waals surface area contributed by atoms with Gasteiger partial charge in [0.05, 0.1) is 5.92 Å². The molecule has 0 saturated heterocycles. The molecule has 1 atom stereocenters. The van der Waals surface area contributed by atoms with E-state index in [1.54, 1.807) is 18.2 Å². The first-order valence-corrected chi connectivity index (χ1v) is 8.53. The molecule has 3 amide bonds. The summed E-state index contributed by atoms with van der Waals surface area (Å²) >= 11 is 5.94. The molecule has 136 valence electrons. The molecule has 7 nitrogen and oxygen atoms in total. The van der Waals surface area contributed by atoms with Crippen molar-refractivity contribution in [2.24, 2.45) is 5.92 Å². The summed E-state index contributed by atoms with van der Waals surface area (Å²) in [5, 5.41) is 5.20. The van der Waals surface area contributed by atoms with E-state index in [-0.39, 0.29) is 6.61 Å². The maximum atomic E-state index is 12.1. The molecule has 1 aromatic rings. The Labute approximate surface area is 151 Å². The van der Waals surface area contributed by atoms with Gasteiger partial charge in [-0.15, -0.1) is 0 Å². The molecule has 1 aromatic carbocycles. The van der Waals surface area contributed by atoms with Crippen LogP contribution < -0.4 is 15.4 Å². The van der Waals surface area contributed by atoms with E-state index in [0.29, 0.717) is 23.7 Å². The highest BCUT2D eigenvalue weighted by atomic mass is 35.5. The van der Waals surface area contributed by atoms with Gasteiger partial charge < -0.3 is 14.8 Å². The molecule has 2 rings (SSSR count). The number of esters is 1. The van der Waals surface area contributed by atoms with Gasteiger partial charge in [0.2, 0.25) is 0 Å². The zero-order valence-corrected chi connectivity index (χ0v) is 14.7. The van der Waals surface area contributed by atoms with Crippen LogP contribution in [-0.2, 0) is 20.7 Å². The second kappa shape index (κ2) is 9.27. The Bertz CT molecular complexity index is 650. The van der Waals surface area contributed by atoms with Crippen molar-refractivity contribution in [3.05, 3.63) is 28.8 Å². The molecule has 0 radical (unpaired) electrons. The molecule has 0 fully saturated rings. The number of imide groups is 1. The Morgan fingerprint density at radius 2 is 2.16 bits per heavy atom. The third kappa shape index (κ3) is 5.94. The molecule has 25 heavy (non-hydrogen) atoms. The minimum absolute atomic E-state index is 0.173. The van der Waals surface area contributed by atoms with Crippen LogP contribution in [0.2, 0.25) is 5.02 Å². The van der Waals surface area contributed by atoms with E-state index in [4.69, 9.17) is 21.1 Å². The van der Waals surface area contributed by atoms with E-state index >= 15 is 0 Å². The number of amides is 3. The zero-order chi connectivity index (χ0) is 18.2. The predicted octanol–water partition coefficient (Wildman–Crippen LogP) is 2.06. The fourth-order valence-corrected chi connectivity index (χ4v) is 2.55. The topological polar surface area (TPSA) is 93.7 Å². The molecular weight excluding hydrogens is 348 g/mol. The summed E-state index contributed by atoms with van der Waals surface area (Å²) in [7, 11) is 0. The van der Waals surface area contributed by atoms with Crippen LogP contribution in [-0.4, -0.2) is 37.7 Å². The van der Waals surface area contributed by atoms with Crippen LogP contribution in [0.5, 0.6) is 5.75 Å². The number of rotatable bonds is 6. The Kier molecular flexibility index (Phi) is 7.06. The van der Waals surface area contributed by atoms with E-state index in [2.05, 4.69) is 10.6 Å². The van der Waals surface area contributed by atoms with Gasteiger partial charge in [-0.3, -0.25) is 14.9 Å². The monoisotopic (exact) mass is 368 g/mol. The lowest BCUT2D eigenvalue weighted by Crippen LogP contribution is -2.42. The fraction of sp³-hybridized carbons (Fsp3) is 0.471. The van der Waals surface area contributed by atoms with Crippen molar-refractivity contribution in [3.8, 4) is 5.75 Å². The second-order valence-corrected chi connectivity index (χ2v) is 6.17. The van der Waals surface area contributed by atoms with Crippen molar-refractivity contribution in [2.75, 3.05) is 19.8 Å². The van der Waals surface area contributed by atoms with Gasteiger partial charge in [-0.05, 0) is 36.6 Å². The fourth-order valence-electron chi connectivity index (χ4n) is 2.35. The highest BCUT2D eigenvalue weighted by molar-refractivity contribution is 6.30. The highest BCUT2D eigenvalue weighted by Crippen LogP contribution is 2.30. The van der Waals surface area contributed by atoms with Crippen LogP contribution in [0, 0.1) is 5.92 Å². The number of hydrogen-bond acceptors (Lipinski definition) is 5. The van der Waals surface area contributed by atoms with E-state index in [1.807, 2.05) is 6.92 Å². The lowest BCUT2D eigenvalue weighted by molar-refractivity contribution is -0.153. The third-order valence-corrected chi connectivity index (χ3v) is 3.91. The minimum Gasteiger partial charge on any atom is -0.492 e. The van der Waals surface area contributed by atoms with Gasteiger partial charge >= 0.3 is 12.0 Å². The number of benzene rings is 1. The molecule has 0 bridgehead atoms. The van der Waals surface area contributed by atoms with Crippen LogP contribution in [0.4, 0.5) is 4.79 Å². The minimum atomic E-state index is -0.678. The van der Waals surface area contributed by atoms with Crippen LogP contribution in [0.15, 0.2) is 18.2 Å². The number of halogens is 1. The number of carbonyl (C=O) groups is 3. The normalized spacial score (nSPS) is 15.5. The number of fused-ring (bicyclic) bond motifs is 1. The lowest BCUT2D eigenvalue weighted by Gasteiger charge is -2.24. The third-order valence-electron chi connectivity index (χ3n) is 3.68. The molecule has 1 aliphatic heterocycles. The van der Waals surface area contributed by atoms with Gasteiger partial charge in [0.25, 0.3) is 5.91 Å². The molecule has 1 heterocycles. The van der Waals surface area contributed by atoms with Gasteiger partial charge in [-0.25, -0.2) is 4.79 Å². The van der Waals surface area contributed by atoms with E-state index in [9.17, 15) is 14.4 Å². The van der Waals surface area contributed by atoms with Crippen molar-refractivity contribution < 1.29 is 23.9 Å². The first kappa shape index (κ1) is 19.1. The molecule has 1 aliphatic rings. The summed E-state index contributed by atoms with van der Waals surface area (Å²) in [6, 6.07) is 4.61. The molecule has 0 aromatic heterocycles. The number of hydrogen-bond donors (Lipinski definition) is 2. The lowest BCUT2D eigenvalue weighted by atomic mass is 9.97. The summed E-state index contributed by atoms with van der Waals surface area (Å²) in [5.74, 6) is -1.05. The zero-order valence-electron chi connectivity index (χ0n) is 14.0. The summed E-state index contributed by atoms with van der Waals surface area (Å²) in [4.78, 5) is 35.1. The molecule has 0 spiro atoms. The van der Waals surface area contributed by atoms with Crippen molar-refractivity contribution in [1.29, 1.82) is 0 Å². The molecule has 2 N–H and O–H groups in total. The summed E-state index contributed by atoms with van der Waals surface area (Å²) in [6.45, 7) is 2.13. The first-order valence-electron chi connectivity index (χ1n) is 8.15. The maximum absolute atomic E-state index is 12.1. The van der Waals surface area contributed by atoms with Gasteiger partial charge in [-0.2, -0.15) is 0 Å². The Morgan fingerprint density at radius 3 is 2.92 bits per heavy atom. The van der Waals surface area contributed by atoms with Crippen molar-refractivity contribution >= 4 is 29.5 Å². The Morgan fingerprint density at radius 1 is 1.36 bits per heavy atom. The quantitative estimate of drug-likeness (QED) is 0.592. The predicted molar refractivity (Wildman–Crippen MR) is 91.5 cm³/mol. The highest BCUT2D eigenvalue weighted by Gasteiger charge is 2.28. The van der Waals surface area contributed by atoms with Crippen molar-refractivity contribution in [2.45, 2.75) is 26.2 Å². The summed E-state index contributed by atoms with van der Waals surface area (Å²) in [5.41, 5.74) is 0.820. The van der Waals surface area contributed by atoms with E-state index in [0.717, 1.165) is 18.4 Å². The number of carbonyl (C=O) groups excluding carboxylic acids is 3.